The van der Waals surface area contributed by atoms with Crippen LogP contribution in [0.15, 0.2) is 27.7 Å². The Morgan fingerprint density at radius 2 is 2.03 bits per heavy atom. The Hall–Kier alpha value is -2.46. The SMILES string of the molecule is Cc1noc(C)c1S(=O)(=O)N1CCC(C(=O)NCc2cccnc2OC(C)C)CC1. The van der Waals surface area contributed by atoms with Crippen molar-refractivity contribution in [1.82, 2.24) is 19.8 Å². The molecule has 0 aromatic carbocycles. The second kappa shape index (κ2) is 9.13. The minimum absolute atomic E-state index is 0.0154. The Labute approximate surface area is 176 Å². The normalized spacial score (nSPS) is 16.0. The summed E-state index contributed by atoms with van der Waals surface area (Å²) in [7, 11) is -3.68. The van der Waals surface area contributed by atoms with Crippen molar-refractivity contribution in [2.24, 2.45) is 5.92 Å². The van der Waals surface area contributed by atoms with Crippen LogP contribution in [0.2, 0.25) is 0 Å². The lowest BCUT2D eigenvalue weighted by atomic mass is 9.97. The van der Waals surface area contributed by atoms with Crippen LogP contribution < -0.4 is 10.1 Å². The van der Waals surface area contributed by atoms with Gasteiger partial charge in [0.1, 0.15) is 10.6 Å². The maximum Gasteiger partial charge on any atom is 0.248 e. The van der Waals surface area contributed by atoms with Crippen LogP contribution in [0, 0.1) is 19.8 Å². The van der Waals surface area contributed by atoms with Crippen LogP contribution >= 0.6 is 0 Å². The topological polar surface area (TPSA) is 115 Å². The summed E-state index contributed by atoms with van der Waals surface area (Å²) in [6.45, 7) is 7.90. The summed E-state index contributed by atoms with van der Waals surface area (Å²) in [5.41, 5.74) is 1.15. The van der Waals surface area contributed by atoms with E-state index in [4.69, 9.17) is 9.26 Å². The first-order valence-corrected chi connectivity index (χ1v) is 11.5. The van der Waals surface area contributed by atoms with Gasteiger partial charge in [-0.1, -0.05) is 11.2 Å². The minimum Gasteiger partial charge on any atom is -0.475 e. The molecule has 3 rings (SSSR count). The molecule has 30 heavy (non-hydrogen) atoms. The highest BCUT2D eigenvalue weighted by atomic mass is 32.2. The van der Waals surface area contributed by atoms with E-state index < -0.39 is 10.0 Å². The van der Waals surface area contributed by atoms with Crippen LogP contribution in [-0.4, -0.2) is 48.0 Å². The first-order chi connectivity index (χ1) is 14.2. The number of pyridine rings is 1. The molecule has 0 bridgehead atoms. The van der Waals surface area contributed by atoms with E-state index in [1.165, 1.54) is 4.31 Å². The van der Waals surface area contributed by atoms with E-state index in [-0.39, 0.29) is 41.7 Å². The lowest BCUT2D eigenvalue weighted by molar-refractivity contribution is -0.126. The molecular weight excluding hydrogens is 408 g/mol. The Morgan fingerprint density at radius 3 is 2.63 bits per heavy atom. The molecule has 0 radical (unpaired) electrons. The largest absolute Gasteiger partial charge is 0.475 e. The maximum atomic E-state index is 12.9. The predicted octanol–water partition coefficient (Wildman–Crippen LogP) is 2.19. The molecule has 3 heterocycles. The van der Waals surface area contributed by atoms with Crippen molar-refractivity contribution < 1.29 is 22.5 Å². The zero-order chi connectivity index (χ0) is 21.9. The molecule has 0 aliphatic carbocycles. The molecule has 1 N–H and O–H groups in total. The van der Waals surface area contributed by atoms with Gasteiger partial charge in [-0.05, 0) is 46.6 Å². The highest BCUT2D eigenvalue weighted by Crippen LogP contribution is 2.28. The lowest BCUT2D eigenvalue weighted by Crippen LogP contribution is -2.43. The molecule has 2 aromatic rings. The zero-order valence-electron chi connectivity index (χ0n) is 17.7. The number of carbonyl (C=O) groups is 1. The molecule has 1 fully saturated rings. The first kappa shape index (κ1) is 22.2. The molecule has 1 saturated heterocycles. The number of ether oxygens (including phenoxy) is 1. The third kappa shape index (κ3) is 4.81. The number of carbonyl (C=O) groups excluding carboxylic acids is 1. The minimum atomic E-state index is -3.68. The van der Waals surface area contributed by atoms with Gasteiger partial charge in [-0.3, -0.25) is 4.79 Å². The smallest absolute Gasteiger partial charge is 0.248 e. The fourth-order valence-corrected chi connectivity index (χ4v) is 5.31. The van der Waals surface area contributed by atoms with Gasteiger partial charge < -0.3 is 14.6 Å². The summed E-state index contributed by atoms with van der Waals surface area (Å²) >= 11 is 0. The lowest BCUT2D eigenvalue weighted by Gasteiger charge is -2.30. The van der Waals surface area contributed by atoms with Crippen molar-refractivity contribution in [3.8, 4) is 5.88 Å². The predicted molar refractivity (Wildman–Crippen MR) is 109 cm³/mol. The van der Waals surface area contributed by atoms with E-state index >= 15 is 0 Å². The van der Waals surface area contributed by atoms with Gasteiger partial charge in [0.2, 0.25) is 21.8 Å². The van der Waals surface area contributed by atoms with Gasteiger partial charge in [-0.2, -0.15) is 4.31 Å². The number of rotatable bonds is 7. The second-order valence-electron chi connectivity index (χ2n) is 7.68. The number of nitrogens with zero attached hydrogens (tertiary/aromatic N) is 3. The van der Waals surface area contributed by atoms with E-state index in [1.807, 2.05) is 19.9 Å². The third-order valence-electron chi connectivity index (χ3n) is 5.04. The number of aromatic nitrogens is 2. The molecule has 1 aliphatic heterocycles. The molecule has 1 aliphatic rings. The number of hydrogen-bond donors (Lipinski definition) is 1. The highest BCUT2D eigenvalue weighted by Gasteiger charge is 2.35. The van der Waals surface area contributed by atoms with E-state index in [0.717, 1.165) is 5.56 Å². The third-order valence-corrected chi connectivity index (χ3v) is 7.18. The molecule has 1 amide bonds. The monoisotopic (exact) mass is 436 g/mol. The number of amides is 1. The average molecular weight is 437 g/mol. The first-order valence-electron chi connectivity index (χ1n) is 10.0. The molecule has 0 unspecified atom stereocenters. The molecule has 0 spiro atoms. The highest BCUT2D eigenvalue weighted by molar-refractivity contribution is 7.89. The molecule has 164 valence electrons. The van der Waals surface area contributed by atoms with Gasteiger partial charge in [0.05, 0.1) is 6.10 Å². The van der Waals surface area contributed by atoms with Crippen LogP contribution in [0.1, 0.15) is 43.7 Å². The Bertz CT molecular complexity index is 975. The van der Waals surface area contributed by atoms with Crippen molar-refractivity contribution in [2.75, 3.05) is 13.1 Å². The Kier molecular flexibility index (Phi) is 6.77. The van der Waals surface area contributed by atoms with Gasteiger partial charge in [-0.25, -0.2) is 13.4 Å². The Morgan fingerprint density at radius 1 is 1.33 bits per heavy atom. The quantitative estimate of drug-likeness (QED) is 0.707. The molecule has 2 aromatic heterocycles. The molecule has 10 heteroatoms. The van der Waals surface area contributed by atoms with Gasteiger partial charge in [0.25, 0.3) is 0 Å². The summed E-state index contributed by atoms with van der Waals surface area (Å²) < 4.78 is 37.9. The van der Waals surface area contributed by atoms with E-state index in [9.17, 15) is 13.2 Å². The number of hydrogen-bond acceptors (Lipinski definition) is 7. The molecule has 9 nitrogen and oxygen atoms in total. The number of piperidine rings is 1. The molecule has 0 saturated carbocycles. The van der Waals surface area contributed by atoms with E-state index in [1.54, 1.807) is 26.1 Å². The van der Waals surface area contributed by atoms with Crippen LogP contribution in [0.3, 0.4) is 0 Å². The maximum absolute atomic E-state index is 12.9. The van der Waals surface area contributed by atoms with Crippen LogP contribution in [0.5, 0.6) is 5.88 Å². The summed E-state index contributed by atoms with van der Waals surface area (Å²) in [4.78, 5) is 17.0. The fraction of sp³-hybridized carbons (Fsp3) is 0.550. The van der Waals surface area contributed by atoms with E-state index in [2.05, 4.69) is 15.5 Å². The van der Waals surface area contributed by atoms with Gasteiger partial charge in [-0.15, -0.1) is 0 Å². The van der Waals surface area contributed by atoms with Crippen molar-refractivity contribution in [3.63, 3.8) is 0 Å². The zero-order valence-corrected chi connectivity index (χ0v) is 18.5. The van der Waals surface area contributed by atoms with Crippen molar-refractivity contribution in [2.45, 2.75) is 58.1 Å². The standard InChI is InChI=1S/C20H28N4O5S/c1-13(2)28-20-17(6-5-9-21-20)12-22-19(25)16-7-10-24(11-8-16)30(26,27)18-14(3)23-29-15(18)4/h5-6,9,13,16H,7-8,10-12H2,1-4H3,(H,22,25). The van der Waals surface area contributed by atoms with Gasteiger partial charge >= 0.3 is 0 Å². The number of sulfonamides is 1. The van der Waals surface area contributed by atoms with Gasteiger partial charge in [0.15, 0.2) is 5.76 Å². The summed E-state index contributed by atoms with van der Waals surface area (Å²) in [6, 6.07) is 3.66. The van der Waals surface area contributed by atoms with Gasteiger partial charge in [0, 0.05) is 37.3 Å². The van der Waals surface area contributed by atoms with Crippen LogP contribution in [-0.2, 0) is 21.4 Å². The summed E-state index contributed by atoms with van der Waals surface area (Å²) in [6.07, 6.45) is 2.55. The summed E-state index contributed by atoms with van der Waals surface area (Å²) in [5, 5.41) is 6.67. The average Bonchev–Trinajstić information content (AvgIpc) is 3.05. The molecule has 0 atom stereocenters. The Balaban J connectivity index is 1.57. The van der Waals surface area contributed by atoms with Crippen LogP contribution in [0.25, 0.3) is 0 Å². The fourth-order valence-electron chi connectivity index (χ4n) is 3.55. The second-order valence-corrected chi connectivity index (χ2v) is 9.56. The summed E-state index contributed by atoms with van der Waals surface area (Å²) in [5.74, 6) is 0.451. The number of aryl methyl sites for hydroxylation is 2. The molecular formula is C20H28N4O5S. The van der Waals surface area contributed by atoms with Crippen molar-refractivity contribution in [1.29, 1.82) is 0 Å². The number of nitrogens with one attached hydrogen (secondary N) is 1. The van der Waals surface area contributed by atoms with Crippen molar-refractivity contribution >= 4 is 15.9 Å². The van der Waals surface area contributed by atoms with Crippen LogP contribution in [0.4, 0.5) is 0 Å². The van der Waals surface area contributed by atoms with E-state index in [0.29, 0.717) is 31.0 Å². The van der Waals surface area contributed by atoms with Crippen molar-refractivity contribution in [3.05, 3.63) is 35.3 Å².